The first-order valence-electron chi connectivity index (χ1n) is 9.10. The van der Waals surface area contributed by atoms with E-state index in [0.717, 1.165) is 35.2 Å². The topological polar surface area (TPSA) is 71.1 Å². The molecule has 2 N–H and O–H groups in total. The molecule has 5 nitrogen and oxygen atoms in total. The first kappa shape index (κ1) is 17.2. The van der Waals surface area contributed by atoms with Crippen LogP contribution in [0.25, 0.3) is 10.9 Å². The molecule has 1 aromatic heterocycles. The summed E-state index contributed by atoms with van der Waals surface area (Å²) in [6.45, 7) is 3.90. The first-order chi connectivity index (χ1) is 13.0. The van der Waals surface area contributed by atoms with E-state index in [0.29, 0.717) is 16.8 Å². The summed E-state index contributed by atoms with van der Waals surface area (Å²) in [5.74, 6) is -0.125. The number of pyridine rings is 1. The molecule has 1 aliphatic carbocycles. The number of rotatable bonds is 4. The van der Waals surface area contributed by atoms with Gasteiger partial charge in [0.25, 0.3) is 5.91 Å². The largest absolute Gasteiger partial charge is 0.326 e. The second-order valence-corrected chi connectivity index (χ2v) is 7.13. The molecular weight excluding hydrogens is 338 g/mol. The van der Waals surface area contributed by atoms with E-state index in [1.807, 2.05) is 56.3 Å². The molecule has 0 radical (unpaired) electrons. The monoisotopic (exact) mass is 359 g/mol. The summed E-state index contributed by atoms with van der Waals surface area (Å²) in [5, 5.41) is 6.61. The van der Waals surface area contributed by atoms with Crippen LogP contribution in [-0.4, -0.2) is 16.8 Å². The number of amides is 2. The third kappa shape index (κ3) is 3.82. The molecule has 2 aromatic carbocycles. The lowest BCUT2D eigenvalue weighted by Crippen LogP contribution is -2.16. The van der Waals surface area contributed by atoms with Crippen LogP contribution in [0.1, 0.15) is 34.5 Å². The zero-order valence-electron chi connectivity index (χ0n) is 15.4. The van der Waals surface area contributed by atoms with Crippen LogP contribution in [0.15, 0.2) is 48.5 Å². The highest BCUT2D eigenvalue weighted by atomic mass is 16.2. The molecule has 27 heavy (non-hydrogen) atoms. The summed E-state index contributed by atoms with van der Waals surface area (Å²) in [4.78, 5) is 29.6. The third-order valence-electron chi connectivity index (χ3n) is 4.72. The molecule has 0 saturated heterocycles. The smallest absolute Gasteiger partial charge is 0.256 e. The van der Waals surface area contributed by atoms with Gasteiger partial charge in [0.05, 0.1) is 11.1 Å². The SMILES string of the molecule is Cc1ccc(NC(=O)c2cc(NC(=O)C3CC3)cc3nc(C)ccc23)cc1. The van der Waals surface area contributed by atoms with E-state index in [2.05, 4.69) is 15.6 Å². The van der Waals surface area contributed by atoms with Crippen LogP contribution in [0.2, 0.25) is 0 Å². The predicted octanol–water partition coefficient (Wildman–Crippen LogP) is 4.45. The van der Waals surface area contributed by atoms with Crippen LogP contribution in [0.3, 0.4) is 0 Å². The normalized spacial score (nSPS) is 13.4. The van der Waals surface area contributed by atoms with E-state index in [-0.39, 0.29) is 17.7 Å². The molecule has 4 rings (SSSR count). The number of fused-ring (bicyclic) bond motifs is 1. The van der Waals surface area contributed by atoms with Gasteiger partial charge in [0.1, 0.15) is 0 Å². The fourth-order valence-electron chi connectivity index (χ4n) is 3.02. The molecule has 3 aromatic rings. The number of nitrogens with zero attached hydrogens (tertiary/aromatic N) is 1. The first-order valence-corrected chi connectivity index (χ1v) is 9.10. The summed E-state index contributed by atoms with van der Waals surface area (Å²) < 4.78 is 0. The highest BCUT2D eigenvalue weighted by Gasteiger charge is 2.29. The lowest BCUT2D eigenvalue weighted by atomic mass is 10.1. The lowest BCUT2D eigenvalue weighted by molar-refractivity contribution is -0.117. The maximum atomic E-state index is 12.9. The summed E-state index contributed by atoms with van der Waals surface area (Å²) in [6.07, 6.45) is 1.86. The van der Waals surface area contributed by atoms with Gasteiger partial charge in [-0.1, -0.05) is 23.8 Å². The molecule has 0 unspecified atom stereocenters. The molecule has 1 aliphatic rings. The van der Waals surface area contributed by atoms with Gasteiger partial charge >= 0.3 is 0 Å². The van der Waals surface area contributed by atoms with E-state index in [4.69, 9.17) is 0 Å². The van der Waals surface area contributed by atoms with Crippen LogP contribution in [0.5, 0.6) is 0 Å². The number of anilines is 2. The number of hydrogen-bond acceptors (Lipinski definition) is 3. The van der Waals surface area contributed by atoms with Crippen LogP contribution in [0, 0.1) is 19.8 Å². The predicted molar refractivity (Wildman–Crippen MR) is 107 cm³/mol. The summed E-state index contributed by atoms with van der Waals surface area (Å²) in [7, 11) is 0. The average Bonchev–Trinajstić information content (AvgIpc) is 3.48. The molecule has 0 atom stereocenters. The molecule has 0 bridgehead atoms. The van der Waals surface area contributed by atoms with Gasteiger partial charge in [-0.3, -0.25) is 14.6 Å². The number of carbonyl (C=O) groups excluding carboxylic acids is 2. The number of aryl methyl sites for hydroxylation is 2. The van der Waals surface area contributed by atoms with Crippen LogP contribution < -0.4 is 10.6 Å². The van der Waals surface area contributed by atoms with Crippen molar-refractivity contribution in [1.82, 2.24) is 4.98 Å². The molecular formula is C22H21N3O2. The molecule has 0 aliphatic heterocycles. The van der Waals surface area contributed by atoms with Gasteiger partial charge in [0.15, 0.2) is 0 Å². The molecule has 0 spiro atoms. The standard InChI is InChI=1S/C22H21N3O2/c1-13-3-8-16(9-4-13)24-22(27)19-11-17(25-21(26)15-6-7-15)12-20-18(19)10-5-14(2)23-20/h3-5,8-12,15H,6-7H2,1-2H3,(H,24,27)(H,25,26). The zero-order valence-corrected chi connectivity index (χ0v) is 15.4. The van der Waals surface area contributed by atoms with Gasteiger partial charge in [-0.2, -0.15) is 0 Å². The fourth-order valence-corrected chi connectivity index (χ4v) is 3.02. The van der Waals surface area contributed by atoms with Crippen molar-refractivity contribution in [2.45, 2.75) is 26.7 Å². The Morgan fingerprint density at radius 2 is 1.67 bits per heavy atom. The van der Waals surface area contributed by atoms with Gasteiger partial charge in [-0.25, -0.2) is 0 Å². The highest BCUT2D eigenvalue weighted by molar-refractivity contribution is 6.14. The Bertz CT molecular complexity index is 1040. The Morgan fingerprint density at radius 3 is 2.37 bits per heavy atom. The highest BCUT2D eigenvalue weighted by Crippen LogP contribution is 2.31. The molecule has 1 saturated carbocycles. The molecule has 136 valence electrons. The number of aromatic nitrogens is 1. The van der Waals surface area contributed by atoms with E-state index >= 15 is 0 Å². The average molecular weight is 359 g/mol. The minimum absolute atomic E-state index is 0.00639. The number of nitrogens with one attached hydrogen (secondary N) is 2. The van der Waals surface area contributed by atoms with E-state index in [9.17, 15) is 9.59 Å². The zero-order chi connectivity index (χ0) is 19.0. The Labute approximate surface area is 157 Å². The Balaban J connectivity index is 1.71. The number of benzene rings is 2. The van der Waals surface area contributed by atoms with Crippen LogP contribution in [0.4, 0.5) is 11.4 Å². The van der Waals surface area contributed by atoms with Crippen molar-refractivity contribution in [1.29, 1.82) is 0 Å². The van der Waals surface area contributed by atoms with Crippen molar-refractivity contribution < 1.29 is 9.59 Å². The summed E-state index contributed by atoms with van der Waals surface area (Å²) in [5.41, 5.74) is 4.50. The van der Waals surface area contributed by atoms with Crippen LogP contribution >= 0.6 is 0 Å². The summed E-state index contributed by atoms with van der Waals surface area (Å²) >= 11 is 0. The van der Waals surface area contributed by atoms with E-state index in [1.54, 1.807) is 6.07 Å². The van der Waals surface area contributed by atoms with Gasteiger partial charge in [0.2, 0.25) is 5.91 Å². The molecule has 2 amide bonds. The van der Waals surface area contributed by atoms with E-state index in [1.165, 1.54) is 0 Å². The van der Waals surface area contributed by atoms with Crippen molar-refractivity contribution >= 4 is 34.1 Å². The van der Waals surface area contributed by atoms with E-state index < -0.39 is 0 Å². The maximum absolute atomic E-state index is 12.9. The lowest BCUT2D eigenvalue weighted by Gasteiger charge is -2.12. The van der Waals surface area contributed by atoms with Crippen molar-refractivity contribution in [3.8, 4) is 0 Å². The Hall–Kier alpha value is -3.21. The quantitative estimate of drug-likeness (QED) is 0.723. The maximum Gasteiger partial charge on any atom is 0.256 e. The second-order valence-electron chi connectivity index (χ2n) is 7.13. The van der Waals surface area contributed by atoms with Crippen LogP contribution in [-0.2, 0) is 4.79 Å². The second kappa shape index (κ2) is 6.83. The third-order valence-corrected chi connectivity index (χ3v) is 4.72. The van der Waals surface area contributed by atoms with Gasteiger partial charge in [-0.05, 0) is 57.0 Å². The Morgan fingerprint density at radius 1 is 0.926 bits per heavy atom. The van der Waals surface area contributed by atoms with Crippen molar-refractivity contribution in [2.75, 3.05) is 10.6 Å². The minimum Gasteiger partial charge on any atom is -0.326 e. The minimum atomic E-state index is -0.225. The van der Waals surface area contributed by atoms with Gasteiger partial charge < -0.3 is 10.6 Å². The molecule has 5 heteroatoms. The number of carbonyl (C=O) groups is 2. The van der Waals surface area contributed by atoms with Crippen molar-refractivity contribution in [3.05, 3.63) is 65.4 Å². The fraction of sp³-hybridized carbons (Fsp3) is 0.227. The van der Waals surface area contributed by atoms with Crippen molar-refractivity contribution in [3.63, 3.8) is 0 Å². The van der Waals surface area contributed by atoms with Gasteiger partial charge in [-0.15, -0.1) is 0 Å². The van der Waals surface area contributed by atoms with Gasteiger partial charge in [0, 0.05) is 28.4 Å². The Kier molecular flexibility index (Phi) is 4.36. The van der Waals surface area contributed by atoms with Crippen molar-refractivity contribution in [2.24, 2.45) is 5.92 Å². The molecule has 1 fully saturated rings. The summed E-state index contributed by atoms with van der Waals surface area (Å²) in [6, 6.07) is 15.0. The number of hydrogen-bond donors (Lipinski definition) is 2. The molecule has 1 heterocycles.